The van der Waals surface area contributed by atoms with E-state index in [-0.39, 0.29) is 6.03 Å². The smallest absolute Gasteiger partial charge is 0.319 e. The van der Waals surface area contributed by atoms with Crippen molar-refractivity contribution in [2.75, 3.05) is 25.6 Å². The van der Waals surface area contributed by atoms with E-state index >= 15 is 0 Å². The van der Waals surface area contributed by atoms with Gasteiger partial charge in [-0.2, -0.15) is 0 Å². The van der Waals surface area contributed by atoms with E-state index in [9.17, 15) is 4.79 Å². The molecular weight excluding hydrogens is 320 g/mol. The van der Waals surface area contributed by atoms with Crippen LogP contribution in [0.5, 0.6) is 17.2 Å². The van der Waals surface area contributed by atoms with E-state index in [4.69, 9.17) is 14.2 Å². The Morgan fingerprint density at radius 3 is 2.92 bits per heavy atom. The number of urea groups is 1. The molecule has 0 radical (unpaired) electrons. The summed E-state index contributed by atoms with van der Waals surface area (Å²) in [5, 5.41) is 5.74. The molecule has 0 saturated carbocycles. The molecule has 0 atom stereocenters. The molecule has 2 aromatic rings. The molecule has 0 fully saturated rings. The topological polar surface area (TPSA) is 68.8 Å². The molecule has 2 aromatic carbocycles. The summed E-state index contributed by atoms with van der Waals surface area (Å²) in [5.74, 6) is 2.45. The molecule has 2 amide bonds. The molecule has 4 rings (SSSR count). The third kappa shape index (κ3) is 2.95. The van der Waals surface area contributed by atoms with Crippen molar-refractivity contribution in [3.8, 4) is 17.2 Å². The fourth-order valence-electron chi connectivity index (χ4n) is 3.36. The highest BCUT2D eigenvalue weighted by Gasteiger charge is 2.26. The molecule has 0 unspecified atom stereocenters. The first-order valence-corrected chi connectivity index (χ1v) is 8.37. The number of benzene rings is 2. The summed E-state index contributed by atoms with van der Waals surface area (Å²) < 4.78 is 16.7. The van der Waals surface area contributed by atoms with Crippen molar-refractivity contribution >= 4 is 11.7 Å². The van der Waals surface area contributed by atoms with Gasteiger partial charge in [0.25, 0.3) is 0 Å². The number of amides is 2. The highest BCUT2D eigenvalue weighted by atomic mass is 16.5. The Morgan fingerprint density at radius 2 is 2.04 bits per heavy atom. The number of carbonyl (C=O) groups is 1. The minimum Gasteiger partial charge on any atom is -0.495 e. The highest BCUT2D eigenvalue weighted by Crippen LogP contribution is 2.40. The lowest BCUT2D eigenvalue weighted by molar-refractivity contribution is 0.251. The summed E-state index contributed by atoms with van der Waals surface area (Å²) in [6, 6.07) is 9.09. The van der Waals surface area contributed by atoms with Gasteiger partial charge in [0.1, 0.15) is 17.2 Å². The molecule has 6 nitrogen and oxygen atoms in total. The zero-order valence-corrected chi connectivity index (χ0v) is 14.1. The number of nitrogens with one attached hydrogen (secondary N) is 2. The molecule has 0 aromatic heterocycles. The van der Waals surface area contributed by atoms with Gasteiger partial charge in [0.15, 0.2) is 0 Å². The maximum Gasteiger partial charge on any atom is 0.319 e. The first kappa shape index (κ1) is 15.6. The number of fused-ring (bicyclic) bond motifs is 2. The molecule has 130 valence electrons. The monoisotopic (exact) mass is 340 g/mol. The predicted octanol–water partition coefficient (Wildman–Crippen LogP) is 2.89. The number of para-hydroxylation sites is 2. The van der Waals surface area contributed by atoms with Crippen molar-refractivity contribution < 1.29 is 19.0 Å². The second-order valence-electron chi connectivity index (χ2n) is 6.02. The second kappa shape index (κ2) is 6.55. The minimum atomic E-state index is -0.284. The number of hydrogen-bond donors (Lipinski definition) is 2. The van der Waals surface area contributed by atoms with Crippen LogP contribution >= 0.6 is 0 Å². The van der Waals surface area contributed by atoms with Gasteiger partial charge in [-0.25, -0.2) is 4.79 Å². The molecule has 25 heavy (non-hydrogen) atoms. The van der Waals surface area contributed by atoms with Crippen LogP contribution in [0.2, 0.25) is 0 Å². The third-order valence-electron chi connectivity index (χ3n) is 4.54. The molecular formula is C19H20N2O4. The molecule has 0 aliphatic carbocycles. The summed E-state index contributed by atoms with van der Waals surface area (Å²) >= 11 is 0. The van der Waals surface area contributed by atoms with Crippen molar-refractivity contribution in [2.45, 2.75) is 19.4 Å². The minimum absolute atomic E-state index is 0.284. The fraction of sp³-hybridized carbons (Fsp3) is 0.316. The van der Waals surface area contributed by atoms with E-state index < -0.39 is 0 Å². The van der Waals surface area contributed by atoms with Crippen LogP contribution < -0.4 is 24.8 Å². The van der Waals surface area contributed by atoms with Gasteiger partial charge in [0.2, 0.25) is 0 Å². The van der Waals surface area contributed by atoms with Crippen molar-refractivity contribution in [2.24, 2.45) is 0 Å². The molecule has 0 spiro atoms. The fourth-order valence-corrected chi connectivity index (χ4v) is 3.36. The largest absolute Gasteiger partial charge is 0.495 e. The van der Waals surface area contributed by atoms with Crippen molar-refractivity contribution in [3.05, 3.63) is 47.0 Å². The van der Waals surface area contributed by atoms with Gasteiger partial charge in [-0.1, -0.05) is 12.1 Å². The van der Waals surface area contributed by atoms with Crippen LogP contribution in [0.3, 0.4) is 0 Å². The normalized spacial score (nSPS) is 14.1. The average molecular weight is 340 g/mol. The van der Waals surface area contributed by atoms with Gasteiger partial charge >= 0.3 is 6.03 Å². The molecule has 2 N–H and O–H groups in total. The first-order chi connectivity index (χ1) is 12.3. The number of methoxy groups -OCH3 is 1. The standard InChI is InChI=1S/C19H20N2O4/c1-23-16-5-3-2-4-15(16)21-19(22)20-11-14-13-7-9-24-17(13)10-12-6-8-25-18(12)14/h2-5,10H,6-9,11H2,1H3,(H2,20,21,22). The Hall–Kier alpha value is -2.89. The third-order valence-corrected chi connectivity index (χ3v) is 4.54. The SMILES string of the molecule is COc1ccccc1NC(=O)NCc1c2c(cc3c1OCC3)OCC2. The van der Waals surface area contributed by atoms with Gasteiger partial charge in [0, 0.05) is 36.1 Å². The molecule has 0 bridgehead atoms. The molecule has 2 heterocycles. The van der Waals surface area contributed by atoms with Crippen LogP contribution in [0.1, 0.15) is 16.7 Å². The molecule has 0 saturated heterocycles. The van der Waals surface area contributed by atoms with E-state index in [0.717, 1.165) is 41.0 Å². The maximum absolute atomic E-state index is 12.3. The molecule has 2 aliphatic rings. The van der Waals surface area contributed by atoms with Gasteiger partial charge < -0.3 is 24.8 Å². The number of carbonyl (C=O) groups excluding carboxylic acids is 1. The van der Waals surface area contributed by atoms with Crippen molar-refractivity contribution in [1.82, 2.24) is 5.32 Å². The lowest BCUT2D eigenvalue weighted by Gasteiger charge is -2.15. The summed E-state index contributed by atoms with van der Waals surface area (Å²) in [4.78, 5) is 12.3. The number of hydrogen-bond acceptors (Lipinski definition) is 4. The van der Waals surface area contributed by atoms with E-state index in [1.165, 1.54) is 0 Å². The lowest BCUT2D eigenvalue weighted by atomic mass is 9.99. The number of rotatable bonds is 4. The average Bonchev–Trinajstić information content (AvgIpc) is 3.28. The zero-order valence-electron chi connectivity index (χ0n) is 14.1. The van der Waals surface area contributed by atoms with Crippen LogP contribution in [0, 0.1) is 0 Å². The van der Waals surface area contributed by atoms with Gasteiger partial charge in [-0.05, 0) is 18.2 Å². The quantitative estimate of drug-likeness (QED) is 0.898. The molecule has 6 heteroatoms. The van der Waals surface area contributed by atoms with Crippen LogP contribution in [-0.4, -0.2) is 26.4 Å². The molecule has 2 aliphatic heterocycles. The zero-order chi connectivity index (χ0) is 17.2. The highest BCUT2D eigenvalue weighted by molar-refractivity contribution is 5.90. The van der Waals surface area contributed by atoms with Crippen LogP contribution in [0.4, 0.5) is 10.5 Å². The lowest BCUT2D eigenvalue weighted by Crippen LogP contribution is -2.28. The van der Waals surface area contributed by atoms with Crippen LogP contribution in [0.15, 0.2) is 30.3 Å². The Bertz CT molecular complexity index is 787. The van der Waals surface area contributed by atoms with E-state index in [1.54, 1.807) is 19.2 Å². The Balaban J connectivity index is 1.50. The van der Waals surface area contributed by atoms with Crippen LogP contribution in [0.25, 0.3) is 0 Å². The summed E-state index contributed by atoms with van der Waals surface area (Å²) in [6.45, 7) is 1.76. The van der Waals surface area contributed by atoms with Crippen molar-refractivity contribution in [1.29, 1.82) is 0 Å². The second-order valence-corrected chi connectivity index (χ2v) is 6.02. The van der Waals surface area contributed by atoms with Crippen molar-refractivity contribution in [3.63, 3.8) is 0 Å². The Kier molecular flexibility index (Phi) is 4.09. The number of ether oxygens (including phenoxy) is 3. The van der Waals surface area contributed by atoms with E-state index in [0.29, 0.717) is 31.2 Å². The van der Waals surface area contributed by atoms with Gasteiger partial charge in [-0.15, -0.1) is 0 Å². The van der Waals surface area contributed by atoms with E-state index in [1.807, 2.05) is 12.1 Å². The van der Waals surface area contributed by atoms with Gasteiger partial charge in [-0.3, -0.25) is 0 Å². The first-order valence-electron chi connectivity index (χ1n) is 8.37. The summed E-state index contributed by atoms with van der Waals surface area (Å²) in [5.41, 5.74) is 3.95. The Morgan fingerprint density at radius 1 is 1.20 bits per heavy atom. The van der Waals surface area contributed by atoms with Gasteiger partial charge in [0.05, 0.1) is 26.0 Å². The number of anilines is 1. The van der Waals surface area contributed by atoms with E-state index in [2.05, 4.69) is 16.7 Å². The summed E-state index contributed by atoms with van der Waals surface area (Å²) in [7, 11) is 1.58. The van der Waals surface area contributed by atoms with Crippen LogP contribution in [-0.2, 0) is 19.4 Å². The maximum atomic E-state index is 12.3. The Labute approximate surface area is 146 Å². The predicted molar refractivity (Wildman–Crippen MR) is 93.7 cm³/mol. The summed E-state index contributed by atoms with van der Waals surface area (Å²) in [6.07, 6.45) is 1.73.